The van der Waals surface area contributed by atoms with Crippen LogP contribution in [-0.4, -0.2) is 54.0 Å². The molecule has 110 valence electrons. The predicted octanol–water partition coefficient (Wildman–Crippen LogP) is 1.59. The molecule has 0 aromatic heterocycles. The van der Waals surface area contributed by atoms with Gasteiger partial charge in [0.05, 0.1) is 6.54 Å². The van der Waals surface area contributed by atoms with Crippen LogP contribution in [0, 0.1) is 0 Å². The molecule has 2 N–H and O–H groups in total. The third-order valence-corrected chi connectivity index (χ3v) is 4.78. The number of amides is 1. The van der Waals surface area contributed by atoms with Crippen molar-refractivity contribution in [2.45, 2.75) is 64.0 Å². The Bertz CT molecular complexity index is 295. The van der Waals surface area contributed by atoms with Gasteiger partial charge >= 0.3 is 0 Å². The highest BCUT2D eigenvalue weighted by atomic mass is 16.2. The third-order valence-electron chi connectivity index (χ3n) is 4.78. The number of carbonyl (C=O) groups is 1. The molecule has 2 aliphatic heterocycles. The number of nitrogens with two attached hydrogens (primary N) is 1. The summed E-state index contributed by atoms with van der Waals surface area (Å²) in [6.45, 7) is 5.46. The highest BCUT2D eigenvalue weighted by Crippen LogP contribution is 2.21. The molecular formula is C15H29N3O. The molecule has 0 spiro atoms. The Kier molecular flexibility index (Phi) is 5.64. The largest absolute Gasteiger partial charge is 0.339 e. The van der Waals surface area contributed by atoms with E-state index in [1.807, 2.05) is 0 Å². The standard InChI is InChI=1S/C15H29N3O/c1-2-13-7-4-6-10-18(13)15(19)12-17-9-5-3-8-14(17)11-16/h13-14H,2-12,16H2,1H3. The van der Waals surface area contributed by atoms with E-state index in [0.717, 1.165) is 25.9 Å². The summed E-state index contributed by atoms with van der Waals surface area (Å²) < 4.78 is 0. The lowest BCUT2D eigenvalue weighted by atomic mass is 9.99. The molecule has 19 heavy (non-hydrogen) atoms. The van der Waals surface area contributed by atoms with Crippen LogP contribution >= 0.6 is 0 Å². The van der Waals surface area contributed by atoms with Gasteiger partial charge in [-0.2, -0.15) is 0 Å². The Balaban J connectivity index is 1.91. The van der Waals surface area contributed by atoms with Crippen molar-refractivity contribution in [3.05, 3.63) is 0 Å². The van der Waals surface area contributed by atoms with Crippen molar-refractivity contribution in [1.82, 2.24) is 9.80 Å². The van der Waals surface area contributed by atoms with Gasteiger partial charge in [-0.3, -0.25) is 9.69 Å². The Morgan fingerprint density at radius 2 is 1.79 bits per heavy atom. The molecule has 2 atom stereocenters. The van der Waals surface area contributed by atoms with E-state index in [9.17, 15) is 4.79 Å². The Morgan fingerprint density at radius 3 is 2.47 bits per heavy atom. The molecule has 2 rings (SSSR count). The van der Waals surface area contributed by atoms with E-state index in [2.05, 4.69) is 16.7 Å². The number of hydrogen-bond acceptors (Lipinski definition) is 3. The van der Waals surface area contributed by atoms with E-state index in [1.54, 1.807) is 0 Å². The summed E-state index contributed by atoms with van der Waals surface area (Å²) in [6.07, 6.45) is 8.34. The van der Waals surface area contributed by atoms with Crippen molar-refractivity contribution in [2.75, 3.05) is 26.2 Å². The fourth-order valence-electron chi connectivity index (χ4n) is 3.55. The minimum atomic E-state index is 0.326. The highest BCUT2D eigenvalue weighted by Gasteiger charge is 2.29. The van der Waals surface area contributed by atoms with Crippen LogP contribution in [0.3, 0.4) is 0 Å². The molecule has 1 amide bonds. The Labute approximate surface area is 117 Å². The first-order valence-corrected chi connectivity index (χ1v) is 7.99. The lowest BCUT2D eigenvalue weighted by molar-refractivity contribution is -0.137. The SMILES string of the molecule is CCC1CCCCN1C(=O)CN1CCCCC1CN. The van der Waals surface area contributed by atoms with Crippen molar-refractivity contribution < 1.29 is 4.79 Å². The highest BCUT2D eigenvalue weighted by molar-refractivity contribution is 5.78. The topological polar surface area (TPSA) is 49.6 Å². The molecular weight excluding hydrogens is 238 g/mol. The number of rotatable bonds is 4. The first-order chi connectivity index (χ1) is 9.26. The van der Waals surface area contributed by atoms with Crippen molar-refractivity contribution in [3.8, 4) is 0 Å². The van der Waals surface area contributed by atoms with Crippen LogP contribution in [-0.2, 0) is 4.79 Å². The van der Waals surface area contributed by atoms with Gasteiger partial charge in [-0.25, -0.2) is 0 Å². The smallest absolute Gasteiger partial charge is 0.237 e. The summed E-state index contributed by atoms with van der Waals surface area (Å²) in [5.41, 5.74) is 5.83. The van der Waals surface area contributed by atoms with E-state index in [-0.39, 0.29) is 0 Å². The quantitative estimate of drug-likeness (QED) is 0.841. The Hall–Kier alpha value is -0.610. The minimum Gasteiger partial charge on any atom is -0.339 e. The fourth-order valence-corrected chi connectivity index (χ4v) is 3.55. The van der Waals surface area contributed by atoms with Gasteiger partial charge in [0, 0.05) is 25.2 Å². The molecule has 0 aliphatic carbocycles. The van der Waals surface area contributed by atoms with Crippen molar-refractivity contribution in [3.63, 3.8) is 0 Å². The summed E-state index contributed by atoms with van der Waals surface area (Å²) in [5, 5.41) is 0. The summed E-state index contributed by atoms with van der Waals surface area (Å²) in [7, 11) is 0. The van der Waals surface area contributed by atoms with Gasteiger partial charge in [-0.1, -0.05) is 13.3 Å². The van der Waals surface area contributed by atoms with Crippen molar-refractivity contribution in [2.24, 2.45) is 5.73 Å². The van der Waals surface area contributed by atoms with Gasteiger partial charge in [0.25, 0.3) is 0 Å². The van der Waals surface area contributed by atoms with Crippen molar-refractivity contribution >= 4 is 5.91 Å². The summed E-state index contributed by atoms with van der Waals surface area (Å²) in [6, 6.07) is 0.893. The van der Waals surface area contributed by atoms with Crippen LogP contribution in [0.4, 0.5) is 0 Å². The van der Waals surface area contributed by atoms with Gasteiger partial charge in [0.1, 0.15) is 0 Å². The molecule has 0 aromatic rings. The van der Waals surface area contributed by atoms with Crippen LogP contribution in [0.25, 0.3) is 0 Å². The molecule has 2 saturated heterocycles. The molecule has 2 aliphatic rings. The second-order valence-corrected chi connectivity index (χ2v) is 6.00. The second kappa shape index (κ2) is 7.25. The fraction of sp³-hybridized carbons (Fsp3) is 0.933. The van der Waals surface area contributed by atoms with Gasteiger partial charge in [0.15, 0.2) is 0 Å². The van der Waals surface area contributed by atoms with E-state index < -0.39 is 0 Å². The minimum absolute atomic E-state index is 0.326. The average molecular weight is 267 g/mol. The van der Waals surface area contributed by atoms with Crippen LogP contribution in [0.1, 0.15) is 51.9 Å². The summed E-state index contributed by atoms with van der Waals surface area (Å²) in [4.78, 5) is 17.0. The molecule has 2 unspecified atom stereocenters. The van der Waals surface area contributed by atoms with E-state index in [4.69, 9.17) is 5.73 Å². The molecule has 2 fully saturated rings. The maximum Gasteiger partial charge on any atom is 0.237 e. The maximum absolute atomic E-state index is 12.5. The number of nitrogens with zero attached hydrogens (tertiary/aromatic N) is 2. The van der Waals surface area contributed by atoms with E-state index in [1.165, 1.54) is 32.1 Å². The average Bonchev–Trinajstić information content (AvgIpc) is 2.47. The molecule has 4 nitrogen and oxygen atoms in total. The van der Waals surface area contributed by atoms with Crippen molar-refractivity contribution in [1.29, 1.82) is 0 Å². The predicted molar refractivity (Wildman–Crippen MR) is 77.9 cm³/mol. The zero-order valence-electron chi connectivity index (χ0n) is 12.3. The van der Waals surface area contributed by atoms with Crippen LogP contribution in [0.2, 0.25) is 0 Å². The third kappa shape index (κ3) is 3.69. The molecule has 4 heteroatoms. The monoisotopic (exact) mass is 267 g/mol. The molecule has 0 radical (unpaired) electrons. The first-order valence-electron chi connectivity index (χ1n) is 7.99. The number of hydrogen-bond donors (Lipinski definition) is 1. The molecule has 0 bridgehead atoms. The van der Waals surface area contributed by atoms with Gasteiger partial charge in [-0.15, -0.1) is 0 Å². The molecule has 0 saturated carbocycles. The second-order valence-electron chi connectivity index (χ2n) is 6.00. The van der Waals surface area contributed by atoms with E-state index >= 15 is 0 Å². The summed E-state index contributed by atoms with van der Waals surface area (Å²) in [5.74, 6) is 0.326. The normalized spacial score (nSPS) is 29.5. The number of carbonyl (C=O) groups excluding carboxylic acids is 1. The van der Waals surface area contributed by atoms with Crippen LogP contribution < -0.4 is 5.73 Å². The van der Waals surface area contributed by atoms with E-state index in [0.29, 0.717) is 31.1 Å². The summed E-state index contributed by atoms with van der Waals surface area (Å²) >= 11 is 0. The van der Waals surface area contributed by atoms with Gasteiger partial charge < -0.3 is 10.6 Å². The Morgan fingerprint density at radius 1 is 1.11 bits per heavy atom. The van der Waals surface area contributed by atoms with Crippen LogP contribution in [0.15, 0.2) is 0 Å². The van der Waals surface area contributed by atoms with Gasteiger partial charge in [0.2, 0.25) is 5.91 Å². The maximum atomic E-state index is 12.5. The number of piperidine rings is 2. The lowest BCUT2D eigenvalue weighted by Gasteiger charge is -2.39. The number of likely N-dealkylation sites (tertiary alicyclic amines) is 2. The van der Waals surface area contributed by atoms with Crippen LogP contribution in [0.5, 0.6) is 0 Å². The molecule has 2 heterocycles. The zero-order valence-corrected chi connectivity index (χ0v) is 12.3. The first kappa shape index (κ1) is 14.8. The molecule has 0 aromatic carbocycles. The lowest BCUT2D eigenvalue weighted by Crippen LogP contribution is -2.52. The zero-order chi connectivity index (χ0) is 13.7. The van der Waals surface area contributed by atoms with Gasteiger partial charge in [-0.05, 0) is 45.1 Å².